The average molecular weight is 118 g/mol. The summed E-state index contributed by atoms with van der Waals surface area (Å²) in [5, 5.41) is 0. The van der Waals surface area contributed by atoms with Crippen LogP contribution in [-0.2, 0) is 4.74 Å². The van der Waals surface area contributed by atoms with Crippen LogP contribution in [0.25, 0.3) is 0 Å². The lowest BCUT2D eigenvalue weighted by atomic mass is 9.94. The van der Waals surface area contributed by atoms with Crippen LogP contribution in [0.3, 0.4) is 0 Å². The van der Waals surface area contributed by atoms with Crippen LogP contribution >= 0.6 is 0 Å². The SMILES string of the molecule is CCO[C@@H]1CCC1F. The topological polar surface area (TPSA) is 9.23 Å². The van der Waals surface area contributed by atoms with E-state index in [9.17, 15) is 4.39 Å². The van der Waals surface area contributed by atoms with Gasteiger partial charge in [-0.05, 0) is 19.8 Å². The first-order valence-electron chi connectivity index (χ1n) is 3.10. The Morgan fingerprint density at radius 2 is 2.38 bits per heavy atom. The van der Waals surface area contributed by atoms with Gasteiger partial charge in [0.2, 0.25) is 0 Å². The summed E-state index contributed by atoms with van der Waals surface area (Å²) < 4.78 is 17.3. The Morgan fingerprint density at radius 3 is 2.50 bits per heavy atom. The van der Waals surface area contributed by atoms with Crippen LogP contribution in [0, 0.1) is 0 Å². The third kappa shape index (κ3) is 0.996. The van der Waals surface area contributed by atoms with E-state index in [2.05, 4.69) is 0 Å². The Labute approximate surface area is 48.8 Å². The van der Waals surface area contributed by atoms with E-state index < -0.39 is 6.17 Å². The molecule has 8 heavy (non-hydrogen) atoms. The molecule has 0 aromatic carbocycles. The largest absolute Gasteiger partial charge is 0.375 e. The number of ether oxygens (including phenoxy) is 1. The molecule has 0 aromatic rings. The molecule has 1 fully saturated rings. The fraction of sp³-hybridized carbons (Fsp3) is 1.00. The molecule has 0 saturated heterocycles. The molecule has 0 aliphatic heterocycles. The summed E-state index contributed by atoms with van der Waals surface area (Å²) in [5.41, 5.74) is 0. The first-order chi connectivity index (χ1) is 3.84. The first kappa shape index (κ1) is 6.02. The van der Waals surface area contributed by atoms with E-state index >= 15 is 0 Å². The standard InChI is InChI=1S/C6H11FO/c1-2-8-6-4-3-5(6)7/h5-6H,2-4H2,1H3/t5?,6-/m1/s1. The quantitative estimate of drug-likeness (QED) is 0.534. The number of rotatable bonds is 2. The van der Waals surface area contributed by atoms with Crippen molar-refractivity contribution in [2.45, 2.75) is 32.0 Å². The Morgan fingerprint density at radius 1 is 1.62 bits per heavy atom. The molecule has 1 unspecified atom stereocenters. The smallest absolute Gasteiger partial charge is 0.126 e. The van der Waals surface area contributed by atoms with Crippen molar-refractivity contribution < 1.29 is 9.13 Å². The molecule has 0 amide bonds. The van der Waals surface area contributed by atoms with Crippen molar-refractivity contribution in [2.75, 3.05) is 6.61 Å². The molecule has 0 N–H and O–H groups in total. The molecule has 0 heterocycles. The van der Waals surface area contributed by atoms with Gasteiger partial charge in [0, 0.05) is 6.61 Å². The third-order valence-corrected chi connectivity index (χ3v) is 1.51. The molecule has 48 valence electrons. The van der Waals surface area contributed by atoms with Crippen LogP contribution in [0.15, 0.2) is 0 Å². The second kappa shape index (κ2) is 2.44. The second-order valence-electron chi connectivity index (χ2n) is 2.09. The van der Waals surface area contributed by atoms with Gasteiger partial charge in [-0.25, -0.2) is 4.39 Å². The first-order valence-corrected chi connectivity index (χ1v) is 3.10. The van der Waals surface area contributed by atoms with Crippen LogP contribution in [0.1, 0.15) is 19.8 Å². The minimum atomic E-state index is -0.671. The van der Waals surface area contributed by atoms with Gasteiger partial charge in [-0.1, -0.05) is 0 Å². The molecular weight excluding hydrogens is 107 g/mol. The maximum atomic E-state index is 12.2. The second-order valence-corrected chi connectivity index (χ2v) is 2.09. The highest BCUT2D eigenvalue weighted by molar-refractivity contribution is 4.80. The Bertz CT molecular complexity index is 74.9. The zero-order chi connectivity index (χ0) is 5.98. The number of hydrogen-bond acceptors (Lipinski definition) is 1. The van der Waals surface area contributed by atoms with E-state index in [-0.39, 0.29) is 6.10 Å². The van der Waals surface area contributed by atoms with Crippen molar-refractivity contribution in [1.29, 1.82) is 0 Å². The van der Waals surface area contributed by atoms with Crippen LogP contribution in [0.2, 0.25) is 0 Å². The summed E-state index contributed by atoms with van der Waals surface area (Å²) in [6, 6.07) is 0. The summed E-state index contributed by atoms with van der Waals surface area (Å²) in [6.07, 6.45) is 0.870. The van der Waals surface area contributed by atoms with Crippen LogP contribution < -0.4 is 0 Å². The molecule has 1 saturated carbocycles. The van der Waals surface area contributed by atoms with Crippen molar-refractivity contribution in [3.8, 4) is 0 Å². The minimum absolute atomic E-state index is 0.0694. The molecule has 2 atom stereocenters. The van der Waals surface area contributed by atoms with Crippen molar-refractivity contribution in [3.63, 3.8) is 0 Å². The van der Waals surface area contributed by atoms with Gasteiger partial charge in [0.05, 0.1) is 6.10 Å². The molecule has 2 heteroatoms. The molecule has 0 aromatic heterocycles. The predicted molar refractivity (Wildman–Crippen MR) is 29.5 cm³/mol. The third-order valence-electron chi connectivity index (χ3n) is 1.51. The lowest BCUT2D eigenvalue weighted by molar-refractivity contribution is -0.0547. The van der Waals surface area contributed by atoms with E-state index in [1.165, 1.54) is 0 Å². The molecule has 1 rings (SSSR count). The summed E-state index contributed by atoms with van der Waals surface area (Å²) in [4.78, 5) is 0. The van der Waals surface area contributed by atoms with Crippen LogP contribution in [0.4, 0.5) is 4.39 Å². The highest BCUT2D eigenvalue weighted by Crippen LogP contribution is 2.25. The molecule has 0 spiro atoms. The summed E-state index contributed by atoms with van der Waals surface area (Å²) in [7, 11) is 0. The normalized spacial score (nSPS) is 36.8. The lowest BCUT2D eigenvalue weighted by Crippen LogP contribution is -2.35. The van der Waals surface area contributed by atoms with Crippen molar-refractivity contribution >= 4 is 0 Å². The van der Waals surface area contributed by atoms with Crippen molar-refractivity contribution in [2.24, 2.45) is 0 Å². The maximum Gasteiger partial charge on any atom is 0.126 e. The lowest BCUT2D eigenvalue weighted by Gasteiger charge is -2.29. The molecule has 1 aliphatic rings. The van der Waals surface area contributed by atoms with Gasteiger partial charge in [0.25, 0.3) is 0 Å². The number of hydrogen-bond donors (Lipinski definition) is 0. The van der Waals surface area contributed by atoms with Gasteiger partial charge >= 0.3 is 0 Å². The molecule has 1 aliphatic carbocycles. The van der Waals surface area contributed by atoms with Gasteiger partial charge in [0.1, 0.15) is 6.17 Å². The zero-order valence-electron chi connectivity index (χ0n) is 5.06. The highest BCUT2D eigenvalue weighted by atomic mass is 19.1. The maximum absolute atomic E-state index is 12.2. The summed E-state index contributed by atoms with van der Waals surface area (Å²) in [6.45, 7) is 2.54. The summed E-state index contributed by atoms with van der Waals surface area (Å²) >= 11 is 0. The zero-order valence-corrected chi connectivity index (χ0v) is 5.06. The van der Waals surface area contributed by atoms with Crippen LogP contribution in [0.5, 0.6) is 0 Å². The van der Waals surface area contributed by atoms with Gasteiger partial charge in [0.15, 0.2) is 0 Å². The number of alkyl halides is 1. The average Bonchev–Trinajstić information content (AvgIpc) is 1.79. The van der Waals surface area contributed by atoms with Gasteiger partial charge in [-0.3, -0.25) is 0 Å². The fourth-order valence-electron chi connectivity index (χ4n) is 0.831. The molecule has 0 radical (unpaired) electrons. The summed E-state index contributed by atoms with van der Waals surface area (Å²) in [5.74, 6) is 0. The van der Waals surface area contributed by atoms with E-state index in [0.29, 0.717) is 13.0 Å². The van der Waals surface area contributed by atoms with Crippen molar-refractivity contribution in [3.05, 3.63) is 0 Å². The molecular formula is C6H11FO. The fourth-order valence-corrected chi connectivity index (χ4v) is 0.831. The van der Waals surface area contributed by atoms with Crippen molar-refractivity contribution in [1.82, 2.24) is 0 Å². The number of halogens is 1. The minimum Gasteiger partial charge on any atom is -0.375 e. The van der Waals surface area contributed by atoms with E-state index in [0.717, 1.165) is 6.42 Å². The highest BCUT2D eigenvalue weighted by Gasteiger charge is 2.30. The van der Waals surface area contributed by atoms with Gasteiger partial charge in [-0.2, -0.15) is 0 Å². The monoisotopic (exact) mass is 118 g/mol. The molecule has 1 nitrogen and oxygen atoms in total. The van der Waals surface area contributed by atoms with Crippen LogP contribution in [-0.4, -0.2) is 18.9 Å². The van der Waals surface area contributed by atoms with E-state index in [1.807, 2.05) is 6.92 Å². The Balaban J connectivity index is 2.08. The van der Waals surface area contributed by atoms with Gasteiger partial charge in [-0.15, -0.1) is 0 Å². The van der Waals surface area contributed by atoms with Gasteiger partial charge < -0.3 is 4.74 Å². The van der Waals surface area contributed by atoms with E-state index in [1.54, 1.807) is 0 Å². The predicted octanol–water partition coefficient (Wildman–Crippen LogP) is 1.52. The Hall–Kier alpha value is -0.110. The molecule has 0 bridgehead atoms. The van der Waals surface area contributed by atoms with E-state index in [4.69, 9.17) is 4.74 Å². The Kier molecular flexibility index (Phi) is 1.84.